The Hall–Kier alpha value is -2.64. The summed E-state index contributed by atoms with van der Waals surface area (Å²) in [5.74, 6) is 0.650. The Morgan fingerprint density at radius 3 is 2.86 bits per heavy atom. The molecule has 1 amide bonds. The molecule has 2 heterocycles. The summed E-state index contributed by atoms with van der Waals surface area (Å²) in [7, 11) is 0. The topological polar surface area (TPSA) is 94.0 Å². The fourth-order valence-electron chi connectivity index (χ4n) is 1.71. The average Bonchev–Trinajstić information content (AvgIpc) is 2.96. The summed E-state index contributed by atoms with van der Waals surface area (Å²) in [6.07, 6.45) is 4.27. The largest absolute Gasteiger partial charge is 0.444 e. The number of carbonyl (C=O) groups is 1. The van der Waals surface area contributed by atoms with Gasteiger partial charge in [-0.15, -0.1) is 0 Å². The standard InChI is InChI=1S/C14H20N6O2/c1-14(2,3)22-13(21)18-8-7-16-11-5-4-6-17-12(11)20-10-15-9-19-20/h4-6,9-10,16H,7-8H2,1-3H3,(H,18,21). The maximum atomic E-state index is 11.5. The highest BCUT2D eigenvalue weighted by Gasteiger charge is 2.15. The Kier molecular flexibility index (Phi) is 4.92. The molecule has 2 rings (SSSR count). The first-order valence-electron chi connectivity index (χ1n) is 6.96. The summed E-state index contributed by atoms with van der Waals surface area (Å²) in [6, 6.07) is 3.71. The van der Waals surface area contributed by atoms with Gasteiger partial charge in [-0.25, -0.2) is 19.4 Å². The molecule has 0 unspecified atom stereocenters. The zero-order valence-corrected chi connectivity index (χ0v) is 12.9. The molecule has 0 atom stereocenters. The molecule has 8 nitrogen and oxygen atoms in total. The Balaban J connectivity index is 1.84. The second-order valence-corrected chi connectivity index (χ2v) is 5.57. The van der Waals surface area contributed by atoms with Crippen LogP contribution in [0.5, 0.6) is 0 Å². The minimum atomic E-state index is -0.499. The monoisotopic (exact) mass is 304 g/mol. The lowest BCUT2D eigenvalue weighted by Gasteiger charge is -2.19. The Bertz CT molecular complexity index is 606. The van der Waals surface area contributed by atoms with E-state index in [1.165, 1.54) is 6.33 Å². The van der Waals surface area contributed by atoms with Gasteiger partial charge in [0.2, 0.25) is 0 Å². The van der Waals surface area contributed by atoms with Gasteiger partial charge >= 0.3 is 6.09 Å². The van der Waals surface area contributed by atoms with Crippen LogP contribution in [-0.4, -0.2) is 44.5 Å². The van der Waals surface area contributed by atoms with Gasteiger partial charge in [0.25, 0.3) is 0 Å². The second-order valence-electron chi connectivity index (χ2n) is 5.57. The Labute approximate surface area is 128 Å². The first-order valence-corrected chi connectivity index (χ1v) is 6.96. The van der Waals surface area contributed by atoms with Gasteiger partial charge in [-0.2, -0.15) is 5.10 Å². The van der Waals surface area contributed by atoms with Crippen molar-refractivity contribution in [2.45, 2.75) is 26.4 Å². The van der Waals surface area contributed by atoms with Crippen molar-refractivity contribution in [3.63, 3.8) is 0 Å². The molecule has 0 aliphatic heterocycles. The lowest BCUT2D eigenvalue weighted by atomic mass is 10.2. The fourth-order valence-corrected chi connectivity index (χ4v) is 1.71. The van der Waals surface area contributed by atoms with Crippen molar-refractivity contribution in [3.05, 3.63) is 31.0 Å². The van der Waals surface area contributed by atoms with E-state index in [1.54, 1.807) is 17.2 Å². The predicted molar refractivity (Wildman–Crippen MR) is 81.9 cm³/mol. The SMILES string of the molecule is CC(C)(C)OC(=O)NCCNc1cccnc1-n1cncn1. The Morgan fingerprint density at radius 2 is 2.18 bits per heavy atom. The molecule has 0 saturated carbocycles. The van der Waals surface area contributed by atoms with Gasteiger partial charge in [0, 0.05) is 19.3 Å². The molecule has 118 valence electrons. The van der Waals surface area contributed by atoms with Crippen LogP contribution in [0, 0.1) is 0 Å². The van der Waals surface area contributed by atoms with Gasteiger partial charge in [0.1, 0.15) is 18.3 Å². The van der Waals surface area contributed by atoms with Crippen LogP contribution in [0.1, 0.15) is 20.8 Å². The maximum Gasteiger partial charge on any atom is 0.407 e. The van der Waals surface area contributed by atoms with Crippen LogP contribution in [0.3, 0.4) is 0 Å². The van der Waals surface area contributed by atoms with E-state index in [0.717, 1.165) is 5.69 Å². The molecule has 2 aromatic heterocycles. The zero-order valence-electron chi connectivity index (χ0n) is 12.9. The number of nitrogens with zero attached hydrogens (tertiary/aromatic N) is 4. The number of alkyl carbamates (subject to hydrolysis) is 1. The van der Waals surface area contributed by atoms with E-state index < -0.39 is 11.7 Å². The molecule has 2 N–H and O–H groups in total. The number of nitrogens with one attached hydrogen (secondary N) is 2. The Morgan fingerprint density at radius 1 is 1.36 bits per heavy atom. The van der Waals surface area contributed by atoms with Crippen molar-refractivity contribution in [2.75, 3.05) is 18.4 Å². The molecule has 0 aromatic carbocycles. The van der Waals surface area contributed by atoms with E-state index >= 15 is 0 Å². The summed E-state index contributed by atoms with van der Waals surface area (Å²) in [4.78, 5) is 19.7. The van der Waals surface area contributed by atoms with Crippen LogP contribution in [0.2, 0.25) is 0 Å². The molecule has 0 fully saturated rings. The van der Waals surface area contributed by atoms with Crippen molar-refractivity contribution in [1.29, 1.82) is 0 Å². The van der Waals surface area contributed by atoms with Crippen LogP contribution >= 0.6 is 0 Å². The number of aromatic nitrogens is 4. The van der Waals surface area contributed by atoms with Crippen molar-refractivity contribution in [2.24, 2.45) is 0 Å². The highest BCUT2D eigenvalue weighted by Crippen LogP contribution is 2.14. The van der Waals surface area contributed by atoms with Gasteiger partial charge < -0.3 is 15.4 Å². The molecule has 0 bridgehead atoms. The van der Waals surface area contributed by atoms with Gasteiger partial charge in [-0.3, -0.25) is 0 Å². The van der Waals surface area contributed by atoms with Gasteiger partial charge in [0.05, 0.1) is 5.69 Å². The summed E-state index contributed by atoms with van der Waals surface area (Å²) in [6.45, 7) is 6.44. The van der Waals surface area contributed by atoms with Crippen LogP contribution in [0.4, 0.5) is 10.5 Å². The molecule has 0 radical (unpaired) electrons. The molecular formula is C14H20N6O2. The third-order valence-electron chi connectivity index (χ3n) is 2.53. The molecule has 0 aliphatic carbocycles. The van der Waals surface area contributed by atoms with E-state index in [2.05, 4.69) is 25.7 Å². The summed E-state index contributed by atoms with van der Waals surface area (Å²) < 4.78 is 6.73. The number of hydrogen-bond donors (Lipinski definition) is 2. The minimum Gasteiger partial charge on any atom is -0.444 e. The van der Waals surface area contributed by atoms with E-state index in [9.17, 15) is 4.79 Å². The normalized spacial score (nSPS) is 11.0. The van der Waals surface area contributed by atoms with Crippen molar-refractivity contribution >= 4 is 11.8 Å². The van der Waals surface area contributed by atoms with Gasteiger partial charge in [0.15, 0.2) is 5.82 Å². The smallest absolute Gasteiger partial charge is 0.407 e. The summed E-state index contributed by atoms with van der Waals surface area (Å²) in [5, 5.41) is 9.94. The highest BCUT2D eigenvalue weighted by atomic mass is 16.6. The van der Waals surface area contributed by atoms with Crippen molar-refractivity contribution in [1.82, 2.24) is 25.1 Å². The minimum absolute atomic E-state index is 0.431. The lowest BCUT2D eigenvalue weighted by Crippen LogP contribution is -2.35. The lowest BCUT2D eigenvalue weighted by molar-refractivity contribution is 0.0530. The van der Waals surface area contributed by atoms with Crippen LogP contribution in [0.25, 0.3) is 5.82 Å². The number of amides is 1. The molecule has 0 saturated heterocycles. The number of ether oxygens (including phenoxy) is 1. The number of rotatable bonds is 5. The predicted octanol–water partition coefficient (Wildman–Crippen LogP) is 1.60. The molecule has 0 aliphatic rings. The summed E-state index contributed by atoms with van der Waals surface area (Å²) in [5.41, 5.74) is 0.306. The third-order valence-corrected chi connectivity index (χ3v) is 2.53. The summed E-state index contributed by atoms with van der Waals surface area (Å²) >= 11 is 0. The van der Waals surface area contributed by atoms with Crippen LogP contribution < -0.4 is 10.6 Å². The van der Waals surface area contributed by atoms with Gasteiger partial charge in [-0.1, -0.05) is 0 Å². The molecule has 0 spiro atoms. The highest BCUT2D eigenvalue weighted by molar-refractivity contribution is 5.67. The third kappa shape index (κ3) is 4.72. The van der Waals surface area contributed by atoms with Crippen molar-refractivity contribution < 1.29 is 9.53 Å². The van der Waals surface area contributed by atoms with Gasteiger partial charge in [-0.05, 0) is 32.9 Å². The molecule has 8 heteroatoms. The van der Waals surface area contributed by atoms with Crippen LogP contribution in [0.15, 0.2) is 31.0 Å². The number of hydrogen-bond acceptors (Lipinski definition) is 6. The fraction of sp³-hybridized carbons (Fsp3) is 0.429. The van der Waals surface area contributed by atoms with E-state index in [-0.39, 0.29) is 0 Å². The number of anilines is 1. The van der Waals surface area contributed by atoms with Crippen LogP contribution in [-0.2, 0) is 4.74 Å². The maximum absolute atomic E-state index is 11.5. The average molecular weight is 304 g/mol. The molecule has 2 aromatic rings. The van der Waals surface area contributed by atoms with E-state index in [1.807, 2.05) is 32.9 Å². The number of pyridine rings is 1. The van der Waals surface area contributed by atoms with Crippen molar-refractivity contribution in [3.8, 4) is 5.82 Å². The van der Waals surface area contributed by atoms with E-state index in [4.69, 9.17) is 4.74 Å². The molecular weight excluding hydrogens is 284 g/mol. The quantitative estimate of drug-likeness (QED) is 0.815. The number of carbonyl (C=O) groups excluding carboxylic acids is 1. The first-order chi connectivity index (χ1) is 10.5. The second kappa shape index (κ2) is 6.88. The zero-order chi connectivity index (χ0) is 16.0. The first kappa shape index (κ1) is 15.7. The van der Waals surface area contributed by atoms with E-state index in [0.29, 0.717) is 18.9 Å². The molecule has 22 heavy (non-hydrogen) atoms.